The molecule has 0 aliphatic heterocycles. The van der Waals surface area contributed by atoms with Crippen molar-refractivity contribution in [2.75, 3.05) is 23.4 Å². The molecule has 1 heterocycles. The van der Waals surface area contributed by atoms with Crippen molar-refractivity contribution in [2.45, 2.75) is 6.92 Å². The normalized spacial score (nSPS) is 10.8. The van der Waals surface area contributed by atoms with Crippen LogP contribution in [0.5, 0.6) is 0 Å². The van der Waals surface area contributed by atoms with E-state index in [1.54, 1.807) is 6.92 Å². The lowest BCUT2D eigenvalue weighted by Gasteiger charge is -2.05. The minimum absolute atomic E-state index is 0.0188. The summed E-state index contributed by atoms with van der Waals surface area (Å²) in [5.41, 5.74) is 0.351. The zero-order valence-corrected chi connectivity index (χ0v) is 9.66. The second-order valence-corrected chi connectivity index (χ2v) is 5.54. The van der Waals surface area contributed by atoms with E-state index in [-0.39, 0.29) is 18.1 Å². The predicted molar refractivity (Wildman–Crippen MR) is 59.6 cm³/mol. The molecule has 1 rings (SSSR count). The molecule has 0 spiro atoms. The Morgan fingerprint density at radius 1 is 1.56 bits per heavy atom. The predicted octanol–water partition coefficient (Wildman–Crippen LogP) is 0.195. The van der Waals surface area contributed by atoms with Crippen LogP contribution in [0.1, 0.15) is 12.5 Å². The fourth-order valence-corrected chi connectivity index (χ4v) is 1.72. The highest BCUT2D eigenvalue weighted by Crippen LogP contribution is 2.07. The summed E-state index contributed by atoms with van der Waals surface area (Å²) < 4.78 is 22.4. The molecule has 1 aromatic heterocycles. The lowest BCUT2D eigenvalue weighted by atomic mass is 10.3. The van der Waals surface area contributed by atoms with Crippen LogP contribution in [-0.2, 0) is 9.84 Å². The first-order valence-corrected chi connectivity index (χ1v) is 6.57. The molecule has 0 atom stereocenters. The number of rotatable bonds is 5. The molecule has 86 valence electrons. The minimum Gasteiger partial charge on any atom is -0.366 e. The Balaban J connectivity index is 2.60. The second kappa shape index (κ2) is 5.42. The molecule has 0 amide bonds. The smallest absolute Gasteiger partial charge is 0.166 e. The van der Waals surface area contributed by atoms with Gasteiger partial charge in [0.15, 0.2) is 15.7 Å². The standard InChI is InChI=1S/C9H12N4O2S/c1-2-16(14,15)6-5-11-9-8(7-10)3-4-12-13-9/h3-4H,2,5-6H2,1H3,(H,11,13). The first-order valence-electron chi connectivity index (χ1n) is 4.75. The molecule has 6 nitrogen and oxygen atoms in total. The van der Waals surface area contributed by atoms with Gasteiger partial charge in [0, 0.05) is 12.3 Å². The summed E-state index contributed by atoms with van der Waals surface area (Å²) in [6, 6.07) is 3.46. The summed E-state index contributed by atoms with van der Waals surface area (Å²) in [7, 11) is -3.00. The van der Waals surface area contributed by atoms with Gasteiger partial charge in [-0.25, -0.2) is 8.42 Å². The van der Waals surface area contributed by atoms with Crippen LogP contribution in [-0.4, -0.2) is 36.7 Å². The van der Waals surface area contributed by atoms with Gasteiger partial charge in [0.2, 0.25) is 0 Å². The van der Waals surface area contributed by atoms with E-state index < -0.39 is 9.84 Å². The number of hydrogen-bond acceptors (Lipinski definition) is 6. The van der Waals surface area contributed by atoms with Crippen LogP contribution < -0.4 is 5.32 Å². The maximum absolute atomic E-state index is 11.2. The molecular weight excluding hydrogens is 228 g/mol. The van der Waals surface area contributed by atoms with Gasteiger partial charge in [-0.3, -0.25) is 0 Å². The van der Waals surface area contributed by atoms with Crippen LogP contribution in [0.4, 0.5) is 5.82 Å². The maximum Gasteiger partial charge on any atom is 0.166 e. The highest BCUT2D eigenvalue weighted by molar-refractivity contribution is 7.91. The van der Waals surface area contributed by atoms with Crippen molar-refractivity contribution in [2.24, 2.45) is 0 Å². The largest absolute Gasteiger partial charge is 0.366 e. The van der Waals surface area contributed by atoms with E-state index in [1.807, 2.05) is 6.07 Å². The van der Waals surface area contributed by atoms with Crippen molar-refractivity contribution >= 4 is 15.7 Å². The van der Waals surface area contributed by atoms with Gasteiger partial charge in [-0.05, 0) is 6.07 Å². The molecule has 0 fully saturated rings. The molecule has 0 aliphatic carbocycles. The van der Waals surface area contributed by atoms with Crippen LogP contribution in [0.15, 0.2) is 12.3 Å². The van der Waals surface area contributed by atoms with Crippen LogP contribution in [0.2, 0.25) is 0 Å². The Hall–Kier alpha value is -1.68. The van der Waals surface area contributed by atoms with E-state index in [1.165, 1.54) is 12.3 Å². The molecule has 1 aromatic rings. The van der Waals surface area contributed by atoms with Crippen LogP contribution >= 0.6 is 0 Å². The summed E-state index contributed by atoms with van der Waals surface area (Å²) in [5, 5.41) is 18.9. The van der Waals surface area contributed by atoms with Gasteiger partial charge in [0.05, 0.1) is 17.5 Å². The number of sulfone groups is 1. The molecule has 1 N–H and O–H groups in total. The SMILES string of the molecule is CCS(=O)(=O)CCNc1nnccc1C#N. The summed E-state index contributed by atoms with van der Waals surface area (Å²) >= 11 is 0. The molecule has 0 radical (unpaired) electrons. The second-order valence-electron chi connectivity index (χ2n) is 3.07. The molecule has 0 saturated heterocycles. The topological polar surface area (TPSA) is 95.7 Å². The van der Waals surface area contributed by atoms with Crippen LogP contribution in [0.25, 0.3) is 0 Å². The molecule has 16 heavy (non-hydrogen) atoms. The third-order valence-corrected chi connectivity index (χ3v) is 3.69. The molecule has 0 unspecified atom stereocenters. The van der Waals surface area contributed by atoms with Crippen molar-refractivity contribution in [1.29, 1.82) is 5.26 Å². The molecule has 0 aliphatic rings. The van der Waals surface area contributed by atoms with Gasteiger partial charge in [0.1, 0.15) is 6.07 Å². The Kier molecular flexibility index (Phi) is 4.19. The zero-order chi connectivity index (χ0) is 12.0. The lowest BCUT2D eigenvalue weighted by molar-refractivity contribution is 0.597. The zero-order valence-electron chi connectivity index (χ0n) is 8.84. The first kappa shape index (κ1) is 12.4. The molecule has 0 saturated carbocycles. The molecule has 0 bridgehead atoms. The number of nitriles is 1. The number of aromatic nitrogens is 2. The molecule has 7 heteroatoms. The monoisotopic (exact) mass is 240 g/mol. The van der Waals surface area contributed by atoms with Gasteiger partial charge in [-0.15, -0.1) is 5.10 Å². The number of nitrogens with zero attached hydrogens (tertiary/aromatic N) is 3. The van der Waals surface area contributed by atoms with E-state index in [9.17, 15) is 8.42 Å². The van der Waals surface area contributed by atoms with Gasteiger partial charge in [0.25, 0.3) is 0 Å². The van der Waals surface area contributed by atoms with Crippen LogP contribution in [0.3, 0.4) is 0 Å². The third-order valence-electron chi connectivity index (χ3n) is 1.99. The molecule has 0 aromatic carbocycles. The minimum atomic E-state index is -3.00. The highest BCUT2D eigenvalue weighted by atomic mass is 32.2. The van der Waals surface area contributed by atoms with E-state index in [0.717, 1.165) is 0 Å². The highest BCUT2D eigenvalue weighted by Gasteiger charge is 2.08. The third kappa shape index (κ3) is 3.47. The Bertz CT molecular complexity index is 492. The van der Waals surface area contributed by atoms with E-state index >= 15 is 0 Å². The average molecular weight is 240 g/mol. The maximum atomic E-state index is 11.2. The van der Waals surface area contributed by atoms with E-state index in [2.05, 4.69) is 15.5 Å². The van der Waals surface area contributed by atoms with Gasteiger partial charge < -0.3 is 5.32 Å². The van der Waals surface area contributed by atoms with Crippen molar-refractivity contribution in [3.63, 3.8) is 0 Å². The van der Waals surface area contributed by atoms with Crippen LogP contribution in [0, 0.1) is 11.3 Å². The Morgan fingerprint density at radius 2 is 2.31 bits per heavy atom. The number of anilines is 1. The Labute approximate surface area is 94.2 Å². The number of nitrogens with one attached hydrogen (secondary N) is 1. The van der Waals surface area contributed by atoms with Gasteiger partial charge in [-0.2, -0.15) is 10.4 Å². The fraction of sp³-hybridized carbons (Fsp3) is 0.444. The summed E-state index contributed by atoms with van der Waals surface area (Å²) in [5.74, 6) is 0.446. The van der Waals surface area contributed by atoms with Crippen molar-refractivity contribution in [3.05, 3.63) is 17.8 Å². The molecular formula is C9H12N4O2S. The summed E-state index contributed by atoms with van der Waals surface area (Å²) in [6.45, 7) is 1.82. The van der Waals surface area contributed by atoms with Crippen molar-refractivity contribution in [1.82, 2.24) is 10.2 Å². The van der Waals surface area contributed by atoms with Gasteiger partial charge in [-0.1, -0.05) is 6.92 Å². The number of hydrogen-bond donors (Lipinski definition) is 1. The van der Waals surface area contributed by atoms with E-state index in [4.69, 9.17) is 5.26 Å². The average Bonchev–Trinajstić information content (AvgIpc) is 2.29. The summed E-state index contributed by atoms with van der Waals surface area (Å²) in [6.07, 6.45) is 1.41. The fourth-order valence-electron chi connectivity index (χ4n) is 1.02. The summed E-state index contributed by atoms with van der Waals surface area (Å²) in [4.78, 5) is 0. The Morgan fingerprint density at radius 3 is 2.94 bits per heavy atom. The van der Waals surface area contributed by atoms with E-state index in [0.29, 0.717) is 11.4 Å². The first-order chi connectivity index (χ1) is 7.59. The van der Waals surface area contributed by atoms with Gasteiger partial charge >= 0.3 is 0 Å². The van der Waals surface area contributed by atoms with Crippen molar-refractivity contribution < 1.29 is 8.42 Å². The lowest BCUT2D eigenvalue weighted by Crippen LogP contribution is -2.18. The quantitative estimate of drug-likeness (QED) is 0.789. The van der Waals surface area contributed by atoms with Crippen molar-refractivity contribution in [3.8, 4) is 6.07 Å².